The van der Waals surface area contributed by atoms with E-state index in [2.05, 4.69) is 10.1 Å². The van der Waals surface area contributed by atoms with Crippen molar-refractivity contribution in [1.82, 2.24) is 10.1 Å². The van der Waals surface area contributed by atoms with Crippen LogP contribution in [0.5, 0.6) is 5.75 Å². The molecule has 1 aromatic heterocycles. The van der Waals surface area contributed by atoms with Gasteiger partial charge in [0.1, 0.15) is 18.2 Å². The topological polar surface area (TPSA) is 48.2 Å². The summed E-state index contributed by atoms with van der Waals surface area (Å²) < 4.78 is 34.1. The van der Waals surface area contributed by atoms with Crippen LogP contribution in [-0.4, -0.2) is 23.2 Å². The van der Waals surface area contributed by atoms with Crippen LogP contribution in [0.2, 0.25) is 0 Å². The lowest BCUT2D eigenvalue weighted by Crippen LogP contribution is -2.07. The average Bonchev–Trinajstić information content (AvgIpc) is 2.85. The van der Waals surface area contributed by atoms with E-state index in [0.717, 1.165) is 0 Å². The molecule has 0 radical (unpaired) electrons. The van der Waals surface area contributed by atoms with E-state index in [1.165, 1.54) is 0 Å². The largest absolute Gasteiger partial charge is 0.487 e. The molecule has 0 saturated heterocycles. The number of hydrogen-bond acceptors (Lipinski definition) is 4. The van der Waals surface area contributed by atoms with Crippen molar-refractivity contribution in [3.63, 3.8) is 0 Å². The van der Waals surface area contributed by atoms with Gasteiger partial charge in [0.2, 0.25) is 11.7 Å². The smallest absolute Gasteiger partial charge is 0.272 e. The molecular formula is C11H9ClF2N2O2. The Balaban J connectivity index is 2.26. The Morgan fingerprint density at radius 2 is 2.11 bits per heavy atom. The molecule has 0 unspecified atom stereocenters. The first kappa shape index (κ1) is 12.8. The van der Waals surface area contributed by atoms with Crippen molar-refractivity contribution in [2.45, 2.75) is 12.3 Å². The Morgan fingerprint density at radius 1 is 1.33 bits per heavy atom. The van der Waals surface area contributed by atoms with Crippen LogP contribution in [0.25, 0.3) is 11.4 Å². The Kier molecular flexibility index (Phi) is 4.09. The van der Waals surface area contributed by atoms with Gasteiger partial charge in [0.15, 0.2) is 0 Å². The maximum atomic E-state index is 12.1. The van der Waals surface area contributed by atoms with E-state index in [4.69, 9.17) is 20.9 Å². The molecule has 1 aromatic carbocycles. The van der Waals surface area contributed by atoms with Crippen molar-refractivity contribution in [2.24, 2.45) is 0 Å². The standard InChI is InChI=1S/C11H9ClF2N2O2/c12-5-10-15-11(16-18-10)7-3-1-2-4-8(7)17-6-9(13)14/h1-4,9H,5-6H2. The van der Waals surface area contributed by atoms with E-state index in [1.807, 2.05) is 0 Å². The highest BCUT2D eigenvalue weighted by atomic mass is 35.5. The quantitative estimate of drug-likeness (QED) is 0.786. The van der Waals surface area contributed by atoms with E-state index in [0.29, 0.717) is 5.56 Å². The minimum Gasteiger partial charge on any atom is -0.487 e. The molecule has 0 saturated carbocycles. The summed E-state index contributed by atoms with van der Waals surface area (Å²) >= 11 is 5.54. The lowest BCUT2D eigenvalue weighted by Gasteiger charge is -2.08. The molecule has 0 bridgehead atoms. The van der Waals surface area contributed by atoms with E-state index >= 15 is 0 Å². The molecule has 0 aliphatic carbocycles. The van der Waals surface area contributed by atoms with Gasteiger partial charge in [-0.05, 0) is 12.1 Å². The van der Waals surface area contributed by atoms with Crippen molar-refractivity contribution < 1.29 is 18.0 Å². The molecule has 0 aliphatic rings. The number of rotatable bonds is 5. The van der Waals surface area contributed by atoms with Crippen molar-refractivity contribution in [2.75, 3.05) is 6.61 Å². The van der Waals surface area contributed by atoms with Crippen molar-refractivity contribution >= 4 is 11.6 Å². The molecule has 4 nitrogen and oxygen atoms in total. The third-order valence-electron chi connectivity index (χ3n) is 2.08. The van der Waals surface area contributed by atoms with Crippen molar-refractivity contribution in [3.05, 3.63) is 30.2 Å². The summed E-state index contributed by atoms with van der Waals surface area (Å²) in [5, 5.41) is 3.71. The highest BCUT2D eigenvalue weighted by Crippen LogP contribution is 2.27. The third kappa shape index (κ3) is 2.95. The molecule has 1 heterocycles. The van der Waals surface area contributed by atoms with Gasteiger partial charge in [-0.3, -0.25) is 0 Å². The number of para-hydroxylation sites is 1. The van der Waals surface area contributed by atoms with E-state index < -0.39 is 13.0 Å². The molecule has 2 aromatic rings. The zero-order chi connectivity index (χ0) is 13.0. The maximum Gasteiger partial charge on any atom is 0.272 e. The van der Waals surface area contributed by atoms with Crippen LogP contribution in [0.1, 0.15) is 5.89 Å². The van der Waals surface area contributed by atoms with Gasteiger partial charge >= 0.3 is 0 Å². The summed E-state index contributed by atoms with van der Waals surface area (Å²) in [4.78, 5) is 4.01. The van der Waals surface area contributed by atoms with Gasteiger partial charge in [-0.2, -0.15) is 4.98 Å². The zero-order valence-corrected chi connectivity index (χ0v) is 9.90. The Labute approximate surface area is 107 Å². The Bertz CT molecular complexity index is 519. The fraction of sp³-hybridized carbons (Fsp3) is 0.273. The van der Waals surface area contributed by atoms with Crippen LogP contribution in [0.4, 0.5) is 8.78 Å². The number of benzene rings is 1. The van der Waals surface area contributed by atoms with E-state index in [1.54, 1.807) is 24.3 Å². The van der Waals surface area contributed by atoms with E-state index in [9.17, 15) is 8.78 Å². The predicted molar refractivity (Wildman–Crippen MR) is 60.8 cm³/mol. The summed E-state index contributed by atoms with van der Waals surface area (Å²) in [6.45, 7) is -0.683. The minimum absolute atomic E-state index is 0.0903. The van der Waals surface area contributed by atoms with Gasteiger partial charge in [-0.25, -0.2) is 8.78 Å². The van der Waals surface area contributed by atoms with Gasteiger partial charge in [0.05, 0.1) is 5.56 Å². The second-order valence-corrected chi connectivity index (χ2v) is 3.61. The highest BCUT2D eigenvalue weighted by Gasteiger charge is 2.14. The second kappa shape index (κ2) is 5.77. The fourth-order valence-electron chi connectivity index (χ4n) is 1.35. The molecule has 0 spiro atoms. The summed E-state index contributed by atoms with van der Waals surface area (Å²) in [7, 11) is 0. The van der Waals surface area contributed by atoms with Crippen LogP contribution in [0.3, 0.4) is 0 Å². The summed E-state index contributed by atoms with van der Waals surface area (Å²) in [6.07, 6.45) is -2.54. The van der Waals surface area contributed by atoms with Gasteiger partial charge in [0, 0.05) is 0 Å². The number of aromatic nitrogens is 2. The van der Waals surface area contributed by atoms with Crippen molar-refractivity contribution in [3.8, 4) is 17.1 Å². The molecule has 0 amide bonds. The van der Waals surface area contributed by atoms with Crippen molar-refractivity contribution in [1.29, 1.82) is 0 Å². The van der Waals surface area contributed by atoms with Gasteiger partial charge in [0.25, 0.3) is 6.43 Å². The molecule has 2 rings (SSSR count). The average molecular weight is 275 g/mol. The molecular weight excluding hydrogens is 266 g/mol. The third-order valence-corrected chi connectivity index (χ3v) is 2.30. The first-order valence-electron chi connectivity index (χ1n) is 5.09. The molecule has 18 heavy (non-hydrogen) atoms. The summed E-state index contributed by atoms with van der Waals surface area (Å²) in [5.41, 5.74) is 0.485. The second-order valence-electron chi connectivity index (χ2n) is 3.34. The van der Waals surface area contributed by atoms with Crippen LogP contribution in [-0.2, 0) is 5.88 Å². The Hall–Kier alpha value is -1.69. The molecule has 0 atom stereocenters. The monoisotopic (exact) mass is 274 g/mol. The van der Waals surface area contributed by atoms with Gasteiger partial charge < -0.3 is 9.26 Å². The SMILES string of the molecule is FC(F)COc1ccccc1-c1noc(CCl)n1. The van der Waals surface area contributed by atoms with Crippen LogP contribution in [0.15, 0.2) is 28.8 Å². The molecule has 96 valence electrons. The lowest BCUT2D eigenvalue weighted by atomic mass is 10.2. The molecule has 0 aliphatic heterocycles. The number of hydrogen-bond donors (Lipinski definition) is 0. The number of alkyl halides is 3. The number of ether oxygens (including phenoxy) is 1. The summed E-state index contributed by atoms with van der Waals surface area (Å²) in [6, 6.07) is 6.62. The minimum atomic E-state index is -2.54. The number of halogens is 3. The molecule has 7 heteroatoms. The lowest BCUT2D eigenvalue weighted by molar-refractivity contribution is 0.0821. The molecule has 0 fully saturated rings. The summed E-state index contributed by atoms with van der Waals surface area (Å²) in [5.74, 6) is 0.887. The highest BCUT2D eigenvalue weighted by molar-refractivity contribution is 6.16. The van der Waals surface area contributed by atoms with Gasteiger partial charge in [-0.15, -0.1) is 11.6 Å². The van der Waals surface area contributed by atoms with Gasteiger partial charge in [-0.1, -0.05) is 17.3 Å². The maximum absolute atomic E-state index is 12.1. The Morgan fingerprint density at radius 3 is 2.78 bits per heavy atom. The van der Waals surface area contributed by atoms with E-state index in [-0.39, 0.29) is 23.3 Å². The zero-order valence-electron chi connectivity index (χ0n) is 9.15. The predicted octanol–water partition coefficient (Wildman–Crippen LogP) is 3.12. The number of nitrogens with zero attached hydrogens (tertiary/aromatic N) is 2. The van der Waals surface area contributed by atoms with Crippen LogP contribution < -0.4 is 4.74 Å². The normalized spacial score (nSPS) is 10.9. The van der Waals surface area contributed by atoms with Crippen LogP contribution in [0, 0.1) is 0 Å². The first-order chi connectivity index (χ1) is 8.70. The fourth-order valence-corrected chi connectivity index (χ4v) is 1.46. The van der Waals surface area contributed by atoms with Crippen LogP contribution >= 0.6 is 11.6 Å². The molecule has 0 N–H and O–H groups in total. The first-order valence-corrected chi connectivity index (χ1v) is 5.63.